The second kappa shape index (κ2) is 5.66. The third kappa shape index (κ3) is 2.69. The average molecular weight is 269 g/mol. The van der Waals surface area contributed by atoms with E-state index in [4.69, 9.17) is 5.73 Å². The van der Waals surface area contributed by atoms with Crippen LogP contribution in [0.25, 0.3) is 10.8 Å². The van der Waals surface area contributed by atoms with E-state index in [0.29, 0.717) is 18.3 Å². The lowest BCUT2D eigenvalue weighted by atomic mass is 9.83. The van der Waals surface area contributed by atoms with Gasteiger partial charge < -0.3 is 5.73 Å². The molecule has 0 heterocycles. The van der Waals surface area contributed by atoms with Crippen molar-refractivity contribution in [2.45, 2.75) is 46.0 Å². The van der Waals surface area contributed by atoms with Gasteiger partial charge in [-0.3, -0.25) is 4.79 Å². The van der Waals surface area contributed by atoms with Crippen molar-refractivity contribution in [3.05, 3.63) is 47.0 Å². The Morgan fingerprint density at radius 2 is 1.75 bits per heavy atom. The first-order chi connectivity index (χ1) is 9.41. The Morgan fingerprint density at radius 3 is 2.30 bits per heavy atom. The first-order valence-corrected chi connectivity index (χ1v) is 7.24. The van der Waals surface area contributed by atoms with Crippen LogP contribution in [0.15, 0.2) is 30.3 Å². The Morgan fingerprint density at radius 1 is 1.10 bits per heavy atom. The zero-order valence-electron chi connectivity index (χ0n) is 12.7. The van der Waals surface area contributed by atoms with Gasteiger partial charge in [-0.05, 0) is 39.3 Å². The monoisotopic (exact) mass is 269 g/mol. The van der Waals surface area contributed by atoms with E-state index in [2.05, 4.69) is 58.0 Å². The van der Waals surface area contributed by atoms with E-state index < -0.39 is 0 Å². The summed E-state index contributed by atoms with van der Waals surface area (Å²) in [5.41, 5.74) is 9.10. The van der Waals surface area contributed by atoms with Crippen molar-refractivity contribution in [3.8, 4) is 0 Å². The number of benzene rings is 2. The molecular formula is C18H23NO. The SMILES string of the molecule is CC(C)c1cc2ccccc2c(C(C)C)c1CC(N)=O. The minimum Gasteiger partial charge on any atom is -0.369 e. The molecular weight excluding hydrogens is 246 g/mol. The zero-order valence-corrected chi connectivity index (χ0v) is 12.7. The Hall–Kier alpha value is -1.83. The molecule has 0 saturated heterocycles. The normalized spacial score (nSPS) is 11.5. The molecule has 2 heteroatoms. The molecule has 0 aliphatic heterocycles. The maximum Gasteiger partial charge on any atom is 0.221 e. The van der Waals surface area contributed by atoms with Crippen LogP contribution < -0.4 is 5.73 Å². The number of fused-ring (bicyclic) bond motifs is 1. The van der Waals surface area contributed by atoms with Crippen molar-refractivity contribution < 1.29 is 4.79 Å². The lowest BCUT2D eigenvalue weighted by molar-refractivity contribution is -0.117. The fraction of sp³-hybridized carbons (Fsp3) is 0.389. The molecule has 0 aliphatic carbocycles. The van der Waals surface area contributed by atoms with Crippen molar-refractivity contribution in [3.63, 3.8) is 0 Å². The first-order valence-electron chi connectivity index (χ1n) is 7.24. The second-order valence-electron chi connectivity index (χ2n) is 6.03. The molecule has 1 amide bonds. The molecule has 0 aliphatic rings. The Bertz CT molecular complexity index is 641. The van der Waals surface area contributed by atoms with Crippen LogP contribution in [0.5, 0.6) is 0 Å². The molecule has 2 aromatic rings. The summed E-state index contributed by atoms with van der Waals surface area (Å²) in [6, 6.07) is 10.6. The molecule has 0 radical (unpaired) electrons. The highest BCUT2D eigenvalue weighted by Gasteiger charge is 2.18. The number of carbonyl (C=O) groups excluding carboxylic acids is 1. The van der Waals surface area contributed by atoms with Gasteiger partial charge in [0.15, 0.2) is 0 Å². The first kappa shape index (κ1) is 14.6. The fourth-order valence-electron chi connectivity index (χ4n) is 2.99. The van der Waals surface area contributed by atoms with E-state index in [1.165, 1.54) is 21.9 Å². The van der Waals surface area contributed by atoms with Crippen LogP contribution in [0.1, 0.15) is 56.2 Å². The Balaban J connectivity index is 2.85. The molecule has 0 saturated carbocycles. The maximum atomic E-state index is 11.5. The summed E-state index contributed by atoms with van der Waals surface area (Å²) in [6.45, 7) is 8.68. The van der Waals surface area contributed by atoms with Crippen LogP contribution in [0.2, 0.25) is 0 Å². The van der Waals surface area contributed by atoms with E-state index >= 15 is 0 Å². The highest BCUT2D eigenvalue weighted by Crippen LogP contribution is 2.35. The molecule has 2 aromatic carbocycles. The number of hydrogen-bond donors (Lipinski definition) is 1. The number of carbonyl (C=O) groups is 1. The third-order valence-corrected chi connectivity index (χ3v) is 3.79. The highest BCUT2D eigenvalue weighted by atomic mass is 16.1. The topological polar surface area (TPSA) is 43.1 Å². The van der Waals surface area contributed by atoms with Gasteiger partial charge in [0.05, 0.1) is 6.42 Å². The van der Waals surface area contributed by atoms with Gasteiger partial charge >= 0.3 is 0 Å². The molecule has 2 rings (SSSR count). The number of amides is 1. The molecule has 0 atom stereocenters. The maximum absolute atomic E-state index is 11.5. The summed E-state index contributed by atoms with van der Waals surface area (Å²) in [5, 5.41) is 2.48. The van der Waals surface area contributed by atoms with E-state index in [9.17, 15) is 4.79 Å². The van der Waals surface area contributed by atoms with Crippen molar-refractivity contribution in [1.82, 2.24) is 0 Å². The summed E-state index contributed by atoms with van der Waals surface area (Å²) >= 11 is 0. The molecule has 20 heavy (non-hydrogen) atoms. The molecule has 106 valence electrons. The third-order valence-electron chi connectivity index (χ3n) is 3.79. The van der Waals surface area contributed by atoms with Crippen molar-refractivity contribution in [1.29, 1.82) is 0 Å². The van der Waals surface area contributed by atoms with Crippen LogP contribution in [0.4, 0.5) is 0 Å². The van der Waals surface area contributed by atoms with Crippen molar-refractivity contribution in [2.75, 3.05) is 0 Å². The molecule has 2 nitrogen and oxygen atoms in total. The quantitative estimate of drug-likeness (QED) is 0.891. The van der Waals surface area contributed by atoms with Gasteiger partial charge in [0.2, 0.25) is 5.91 Å². The van der Waals surface area contributed by atoms with E-state index in [0.717, 1.165) is 5.56 Å². The lowest BCUT2D eigenvalue weighted by Gasteiger charge is -2.21. The van der Waals surface area contributed by atoms with Crippen LogP contribution in [-0.4, -0.2) is 5.91 Å². The van der Waals surface area contributed by atoms with E-state index in [1.807, 2.05) is 0 Å². The molecule has 0 unspecified atom stereocenters. The van der Waals surface area contributed by atoms with Gasteiger partial charge in [0.25, 0.3) is 0 Å². The van der Waals surface area contributed by atoms with Crippen LogP contribution in [0.3, 0.4) is 0 Å². The van der Waals surface area contributed by atoms with Crippen LogP contribution in [0, 0.1) is 0 Å². The fourth-order valence-corrected chi connectivity index (χ4v) is 2.99. The Kier molecular flexibility index (Phi) is 4.12. The average Bonchev–Trinajstić information content (AvgIpc) is 2.36. The molecule has 0 aromatic heterocycles. The predicted molar refractivity (Wildman–Crippen MR) is 85.0 cm³/mol. The summed E-state index contributed by atoms with van der Waals surface area (Å²) in [7, 11) is 0. The zero-order chi connectivity index (χ0) is 14.9. The van der Waals surface area contributed by atoms with Gasteiger partial charge in [-0.15, -0.1) is 0 Å². The van der Waals surface area contributed by atoms with Crippen molar-refractivity contribution >= 4 is 16.7 Å². The van der Waals surface area contributed by atoms with Gasteiger partial charge in [0, 0.05) is 0 Å². The number of primary amides is 1. The smallest absolute Gasteiger partial charge is 0.221 e. The van der Waals surface area contributed by atoms with E-state index in [1.54, 1.807) is 0 Å². The number of hydrogen-bond acceptors (Lipinski definition) is 1. The molecule has 0 fully saturated rings. The summed E-state index contributed by atoms with van der Waals surface area (Å²) in [6.07, 6.45) is 0.325. The minimum absolute atomic E-state index is 0.260. The minimum atomic E-state index is -0.260. The number of rotatable bonds is 4. The van der Waals surface area contributed by atoms with Gasteiger partial charge in [-0.2, -0.15) is 0 Å². The van der Waals surface area contributed by atoms with Crippen LogP contribution in [-0.2, 0) is 11.2 Å². The highest BCUT2D eigenvalue weighted by molar-refractivity contribution is 5.90. The lowest BCUT2D eigenvalue weighted by Crippen LogP contribution is -2.17. The Labute approximate surface area is 121 Å². The van der Waals surface area contributed by atoms with Gasteiger partial charge in [0.1, 0.15) is 0 Å². The summed E-state index contributed by atoms with van der Waals surface area (Å²) in [5.74, 6) is 0.489. The van der Waals surface area contributed by atoms with Gasteiger partial charge in [-0.1, -0.05) is 58.0 Å². The largest absolute Gasteiger partial charge is 0.369 e. The number of nitrogens with two attached hydrogens (primary N) is 1. The second-order valence-corrected chi connectivity index (χ2v) is 6.03. The standard InChI is InChI=1S/C18H23NO/c1-11(2)15-9-13-7-5-6-8-14(13)18(12(3)4)16(15)10-17(19)20/h5-9,11-12H,10H2,1-4H3,(H2,19,20). The van der Waals surface area contributed by atoms with Gasteiger partial charge in [-0.25, -0.2) is 0 Å². The molecule has 0 bridgehead atoms. The van der Waals surface area contributed by atoms with Crippen LogP contribution >= 0.6 is 0 Å². The van der Waals surface area contributed by atoms with Crippen molar-refractivity contribution in [2.24, 2.45) is 5.73 Å². The summed E-state index contributed by atoms with van der Waals surface area (Å²) in [4.78, 5) is 11.5. The molecule has 2 N–H and O–H groups in total. The summed E-state index contributed by atoms with van der Waals surface area (Å²) < 4.78 is 0. The predicted octanol–water partition coefficient (Wildman–Crippen LogP) is 4.11. The molecule has 0 spiro atoms. The van der Waals surface area contributed by atoms with E-state index in [-0.39, 0.29) is 5.91 Å².